The van der Waals surface area contributed by atoms with E-state index in [2.05, 4.69) is 0 Å². The van der Waals surface area contributed by atoms with Gasteiger partial charge in [-0.3, -0.25) is 9.59 Å². The molecule has 5 nitrogen and oxygen atoms in total. The fourth-order valence-electron chi connectivity index (χ4n) is 4.30. The van der Waals surface area contributed by atoms with Crippen molar-refractivity contribution >= 4 is 11.8 Å². The van der Waals surface area contributed by atoms with Crippen molar-refractivity contribution < 1.29 is 31.9 Å². The number of alkyl halides is 3. The van der Waals surface area contributed by atoms with Gasteiger partial charge in [0.15, 0.2) is 0 Å². The molecule has 2 aromatic rings. The van der Waals surface area contributed by atoms with Gasteiger partial charge in [0.2, 0.25) is 5.91 Å². The normalized spacial score (nSPS) is 20.1. The Balaban J connectivity index is 1.32. The zero-order valence-electron chi connectivity index (χ0n) is 17.9. The van der Waals surface area contributed by atoms with Gasteiger partial charge in [-0.2, -0.15) is 13.2 Å². The number of piperidine rings is 1. The molecule has 0 N–H and O–H groups in total. The Morgan fingerprint density at radius 3 is 2.12 bits per heavy atom. The summed E-state index contributed by atoms with van der Waals surface area (Å²) in [5.41, 5.74) is 0.210. The minimum absolute atomic E-state index is 0.00652. The molecular formula is C24H24F4N2O3. The summed E-state index contributed by atoms with van der Waals surface area (Å²) >= 11 is 0. The van der Waals surface area contributed by atoms with E-state index in [1.54, 1.807) is 21.9 Å². The van der Waals surface area contributed by atoms with Crippen LogP contribution in [0.25, 0.3) is 0 Å². The van der Waals surface area contributed by atoms with Crippen molar-refractivity contribution in [1.29, 1.82) is 0 Å². The summed E-state index contributed by atoms with van der Waals surface area (Å²) in [6.07, 6.45) is -3.78. The maximum Gasteiger partial charge on any atom is 0.416 e. The average molecular weight is 464 g/mol. The molecule has 1 unspecified atom stereocenters. The number of benzene rings is 2. The SMILES string of the molecule is O=C(c1ccc(C(F)(F)F)cc1)N1CCC(C(=O)N2CCOC(c3ccc(F)cc3)C2)CC1. The molecule has 0 bridgehead atoms. The van der Waals surface area contributed by atoms with Gasteiger partial charge in [0.25, 0.3) is 5.91 Å². The van der Waals surface area contributed by atoms with Gasteiger partial charge in [-0.05, 0) is 54.8 Å². The number of amides is 2. The third kappa shape index (κ3) is 5.35. The Labute approximate surface area is 188 Å². The summed E-state index contributed by atoms with van der Waals surface area (Å²) in [6.45, 7) is 1.97. The van der Waals surface area contributed by atoms with E-state index >= 15 is 0 Å². The molecule has 4 rings (SSSR count). The second-order valence-corrected chi connectivity index (χ2v) is 8.34. The number of carbonyl (C=O) groups is 2. The van der Waals surface area contributed by atoms with Crippen LogP contribution in [-0.2, 0) is 15.7 Å². The first kappa shape index (κ1) is 23.2. The van der Waals surface area contributed by atoms with Crippen LogP contribution in [0.3, 0.4) is 0 Å². The second kappa shape index (κ2) is 9.51. The van der Waals surface area contributed by atoms with E-state index in [1.807, 2.05) is 0 Å². The van der Waals surface area contributed by atoms with E-state index in [0.717, 1.165) is 17.7 Å². The van der Waals surface area contributed by atoms with Gasteiger partial charge in [-0.1, -0.05) is 12.1 Å². The zero-order valence-corrected chi connectivity index (χ0v) is 17.9. The molecule has 0 spiro atoms. The first-order chi connectivity index (χ1) is 15.7. The van der Waals surface area contributed by atoms with Crippen LogP contribution in [0.2, 0.25) is 0 Å². The second-order valence-electron chi connectivity index (χ2n) is 8.34. The minimum Gasteiger partial charge on any atom is -0.370 e. The number of morpholine rings is 1. The summed E-state index contributed by atoms with van der Waals surface area (Å²) < 4.78 is 57.1. The van der Waals surface area contributed by atoms with Crippen molar-refractivity contribution in [3.8, 4) is 0 Å². The van der Waals surface area contributed by atoms with Crippen LogP contribution in [0.5, 0.6) is 0 Å². The zero-order chi connectivity index (χ0) is 23.6. The number of halogens is 4. The quantitative estimate of drug-likeness (QED) is 0.637. The number of nitrogens with zero attached hydrogens (tertiary/aromatic N) is 2. The fourth-order valence-corrected chi connectivity index (χ4v) is 4.30. The minimum atomic E-state index is -4.45. The number of hydrogen-bond donors (Lipinski definition) is 0. The van der Waals surface area contributed by atoms with Crippen molar-refractivity contribution in [2.45, 2.75) is 25.1 Å². The monoisotopic (exact) mass is 464 g/mol. The Hall–Kier alpha value is -2.94. The molecule has 2 fully saturated rings. The van der Waals surface area contributed by atoms with E-state index < -0.39 is 11.7 Å². The van der Waals surface area contributed by atoms with Crippen molar-refractivity contribution in [2.75, 3.05) is 32.8 Å². The van der Waals surface area contributed by atoms with Crippen LogP contribution in [0.15, 0.2) is 48.5 Å². The van der Waals surface area contributed by atoms with Gasteiger partial charge in [0.1, 0.15) is 11.9 Å². The molecule has 0 aliphatic carbocycles. The molecule has 2 heterocycles. The first-order valence-electron chi connectivity index (χ1n) is 10.8. The predicted octanol–water partition coefficient (Wildman–Crippen LogP) is 4.30. The van der Waals surface area contributed by atoms with Gasteiger partial charge in [0, 0.05) is 31.1 Å². The molecule has 2 aliphatic heterocycles. The molecule has 1 atom stereocenters. The van der Waals surface area contributed by atoms with Crippen molar-refractivity contribution in [2.24, 2.45) is 5.92 Å². The Bertz CT molecular complexity index is 984. The Kier molecular flexibility index (Phi) is 6.69. The molecule has 2 aromatic carbocycles. The number of likely N-dealkylation sites (tertiary alicyclic amines) is 1. The van der Waals surface area contributed by atoms with E-state index in [9.17, 15) is 27.2 Å². The van der Waals surface area contributed by atoms with Crippen LogP contribution in [0, 0.1) is 11.7 Å². The van der Waals surface area contributed by atoms with Crippen LogP contribution in [0.4, 0.5) is 17.6 Å². The van der Waals surface area contributed by atoms with Crippen LogP contribution >= 0.6 is 0 Å². The highest BCUT2D eigenvalue weighted by atomic mass is 19.4. The number of hydrogen-bond acceptors (Lipinski definition) is 3. The predicted molar refractivity (Wildman–Crippen MR) is 112 cm³/mol. The molecule has 2 saturated heterocycles. The summed E-state index contributed by atoms with van der Waals surface area (Å²) in [5.74, 6) is -0.891. The molecule has 2 aliphatic rings. The van der Waals surface area contributed by atoms with Gasteiger partial charge >= 0.3 is 6.18 Å². The smallest absolute Gasteiger partial charge is 0.370 e. The molecule has 9 heteroatoms. The van der Waals surface area contributed by atoms with Crippen LogP contribution in [0.1, 0.15) is 40.4 Å². The molecule has 33 heavy (non-hydrogen) atoms. The van der Waals surface area contributed by atoms with Crippen molar-refractivity contribution in [1.82, 2.24) is 9.80 Å². The topological polar surface area (TPSA) is 49.9 Å². The van der Waals surface area contributed by atoms with E-state index in [4.69, 9.17) is 4.74 Å². The lowest BCUT2D eigenvalue weighted by atomic mass is 9.94. The number of carbonyl (C=O) groups excluding carboxylic acids is 2. The van der Waals surface area contributed by atoms with Gasteiger partial charge in [-0.15, -0.1) is 0 Å². The van der Waals surface area contributed by atoms with Crippen LogP contribution in [-0.4, -0.2) is 54.4 Å². The number of rotatable bonds is 3. The third-order valence-corrected chi connectivity index (χ3v) is 6.21. The number of ether oxygens (including phenoxy) is 1. The first-order valence-corrected chi connectivity index (χ1v) is 10.8. The highest BCUT2D eigenvalue weighted by Gasteiger charge is 2.34. The molecule has 2 amide bonds. The lowest BCUT2D eigenvalue weighted by Crippen LogP contribution is -2.48. The average Bonchev–Trinajstić information content (AvgIpc) is 2.83. The highest BCUT2D eigenvalue weighted by Crippen LogP contribution is 2.30. The molecule has 0 saturated carbocycles. The summed E-state index contributed by atoms with van der Waals surface area (Å²) in [5, 5.41) is 0. The highest BCUT2D eigenvalue weighted by molar-refractivity contribution is 5.94. The maximum absolute atomic E-state index is 13.2. The summed E-state index contributed by atoms with van der Waals surface area (Å²) in [7, 11) is 0. The third-order valence-electron chi connectivity index (χ3n) is 6.21. The van der Waals surface area contributed by atoms with Gasteiger partial charge < -0.3 is 14.5 Å². The van der Waals surface area contributed by atoms with E-state index in [-0.39, 0.29) is 35.2 Å². The van der Waals surface area contributed by atoms with Crippen LogP contribution < -0.4 is 0 Å². The van der Waals surface area contributed by atoms with Crippen molar-refractivity contribution in [3.63, 3.8) is 0 Å². The maximum atomic E-state index is 13.2. The Morgan fingerprint density at radius 1 is 0.879 bits per heavy atom. The molecule has 0 aromatic heterocycles. The summed E-state index contributed by atoms with van der Waals surface area (Å²) in [6, 6.07) is 10.2. The largest absolute Gasteiger partial charge is 0.416 e. The van der Waals surface area contributed by atoms with E-state index in [0.29, 0.717) is 45.6 Å². The lowest BCUT2D eigenvalue weighted by Gasteiger charge is -2.38. The van der Waals surface area contributed by atoms with Crippen molar-refractivity contribution in [3.05, 3.63) is 71.0 Å². The summed E-state index contributed by atoms with van der Waals surface area (Å²) in [4.78, 5) is 29.1. The molecule has 176 valence electrons. The molecule has 0 radical (unpaired) electrons. The van der Waals surface area contributed by atoms with E-state index in [1.165, 1.54) is 24.3 Å². The van der Waals surface area contributed by atoms with Gasteiger partial charge in [0.05, 0.1) is 18.7 Å². The fraction of sp³-hybridized carbons (Fsp3) is 0.417. The van der Waals surface area contributed by atoms with Gasteiger partial charge in [-0.25, -0.2) is 4.39 Å². The standard InChI is InChI=1S/C24H24F4N2O3/c25-20-7-3-16(4-8-20)21-15-30(13-14-33-21)23(32)18-9-11-29(12-10-18)22(31)17-1-5-19(6-2-17)24(26,27)28/h1-8,18,21H,9-15H2. The Morgan fingerprint density at radius 2 is 1.52 bits per heavy atom. The lowest BCUT2D eigenvalue weighted by molar-refractivity contribution is -0.144. The molecular weight excluding hydrogens is 440 g/mol.